The van der Waals surface area contributed by atoms with Crippen molar-refractivity contribution >= 4 is 0 Å². The van der Waals surface area contributed by atoms with Gasteiger partial charge in [-0.3, -0.25) is 0 Å². The summed E-state index contributed by atoms with van der Waals surface area (Å²) in [5.41, 5.74) is 0.283. The van der Waals surface area contributed by atoms with Crippen LogP contribution < -0.4 is 4.74 Å². The summed E-state index contributed by atoms with van der Waals surface area (Å²) in [7, 11) is 0. The van der Waals surface area contributed by atoms with Crippen LogP contribution in [0.25, 0.3) is 0 Å². The van der Waals surface area contributed by atoms with Crippen LogP contribution >= 0.6 is 0 Å². The zero-order valence-corrected chi connectivity index (χ0v) is 9.93. The van der Waals surface area contributed by atoms with Gasteiger partial charge in [-0.1, -0.05) is 0 Å². The highest BCUT2D eigenvalue weighted by Crippen LogP contribution is 2.17. The molecule has 0 N–H and O–H groups in total. The van der Waals surface area contributed by atoms with E-state index in [9.17, 15) is 4.39 Å². The van der Waals surface area contributed by atoms with Gasteiger partial charge in [-0.25, -0.2) is 9.37 Å². The number of benzene rings is 1. The first kappa shape index (κ1) is 12.1. The molecule has 2 aromatic rings. The minimum Gasteiger partial charge on any atom is -0.489 e. The highest BCUT2D eigenvalue weighted by atomic mass is 19.1. The molecule has 4 nitrogen and oxygen atoms in total. The maximum atomic E-state index is 13.5. The van der Waals surface area contributed by atoms with Gasteiger partial charge >= 0.3 is 0 Å². The molecule has 0 radical (unpaired) electrons. The van der Waals surface area contributed by atoms with Crippen molar-refractivity contribution in [2.45, 2.75) is 13.5 Å². The fourth-order valence-corrected chi connectivity index (χ4v) is 1.58. The van der Waals surface area contributed by atoms with Gasteiger partial charge in [-0.2, -0.15) is 5.26 Å². The van der Waals surface area contributed by atoms with Gasteiger partial charge in [-0.05, 0) is 25.1 Å². The fourth-order valence-electron chi connectivity index (χ4n) is 1.58. The Labute approximate surface area is 104 Å². The number of aromatic nitrogens is 2. The second-order valence-electron chi connectivity index (χ2n) is 3.77. The molecule has 0 bridgehead atoms. The lowest BCUT2D eigenvalue weighted by atomic mass is 10.2. The van der Waals surface area contributed by atoms with Crippen molar-refractivity contribution in [3.63, 3.8) is 0 Å². The summed E-state index contributed by atoms with van der Waals surface area (Å²) < 4.78 is 20.7. The number of ether oxygens (including phenoxy) is 1. The van der Waals surface area contributed by atoms with Gasteiger partial charge < -0.3 is 9.30 Å². The Bertz CT molecular complexity index is 586. The number of aryl methyl sites for hydroxylation is 1. The molecule has 0 aliphatic carbocycles. The Balaban J connectivity index is 1.95. The van der Waals surface area contributed by atoms with Gasteiger partial charge in [0, 0.05) is 12.4 Å². The summed E-state index contributed by atoms with van der Waals surface area (Å²) in [5.74, 6) is 0.530. The first-order valence-corrected chi connectivity index (χ1v) is 5.51. The van der Waals surface area contributed by atoms with Gasteiger partial charge in [0.25, 0.3) is 0 Å². The minimum atomic E-state index is -0.517. The predicted octanol–water partition coefficient (Wildman–Crippen LogP) is 2.28. The van der Waals surface area contributed by atoms with Crippen LogP contribution in [0.15, 0.2) is 30.6 Å². The summed E-state index contributed by atoms with van der Waals surface area (Å²) in [5, 5.41) is 8.62. The third-order valence-corrected chi connectivity index (χ3v) is 2.57. The zero-order valence-electron chi connectivity index (χ0n) is 9.93. The van der Waals surface area contributed by atoms with E-state index in [4.69, 9.17) is 10.00 Å². The number of hydrogen-bond acceptors (Lipinski definition) is 3. The SMILES string of the molecule is Cc1nccn1CCOc1ccc(C#N)cc1F. The molecule has 0 saturated heterocycles. The summed E-state index contributed by atoms with van der Waals surface area (Å²) in [6.07, 6.45) is 3.55. The van der Waals surface area contributed by atoms with E-state index in [1.807, 2.05) is 23.8 Å². The van der Waals surface area contributed by atoms with E-state index in [0.717, 1.165) is 11.9 Å². The molecule has 5 heteroatoms. The Kier molecular flexibility index (Phi) is 3.58. The van der Waals surface area contributed by atoms with Crippen LogP contribution in [-0.2, 0) is 6.54 Å². The number of nitrogens with zero attached hydrogens (tertiary/aromatic N) is 3. The molecule has 92 valence electrons. The summed E-state index contributed by atoms with van der Waals surface area (Å²) in [4.78, 5) is 4.08. The number of rotatable bonds is 4. The van der Waals surface area contributed by atoms with Crippen molar-refractivity contribution in [1.29, 1.82) is 5.26 Å². The second-order valence-corrected chi connectivity index (χ2v) is 3.77. The number of halogens is 1. The van der Waals surface area contributed by atoms with Crippen molar-refractivity contribution in [2.24, 2.45) is 0 Å². The molecule has 2 rings (SSSR count). The van der Waals surface area contributed by atoms with Crippen molar-refractivity contribution < 1.29 is 9.13 Å². The van der Waals surface area contributed by atoms with Crippen molar-refractivity contribution in [3.8, 4) is 11.8 Å². The predicted molar refractivity (Wildman–Crippen MR) is 63.6 cm³/mol. The fraction of sp³-hybridized carbons (Fsp3) is 0.231. The Hall–Kier alpha value is -2.35. The van der Waals surface area contributed by atoms with E-state index in [-0.39, 0.29) is 11.3 Å². The average Bonchev–Trinajstić information content (AvgIpc) is 2.77. The molecule has 0 atom stereocenters. The second kappa shape index (κ2) is 5.32. The van der Waals surface area contributed by atoms with Gasteiger partial charge in [-0.15, -0.1) is 0 Å². The lowest BCUT2D eigenvalue weighted by Crippen LogP contribution is -2.09. The topological polar surface area (TPSA) is 50.8 Å². The number of nitriles is 1. The van der Waals surface area contributed by atoms with Crippen LogP contribution in [0.1, 0.15) is 11.4 Å². The molecule has 0 aliphatic rings. The van der Waals surface area contributed by atoms with Crippen molar-refractivity contribution in [3.05, 3.63) is 47.8 Å². The molecule has 1 aromatic carbocycles. The van der Waals surface area contributed by atoms with Gasteiger partial charge in [0.15, 0.2) is 11.6 Å². The first-order chi connectivity index (χ1) is 8.70. The first-order valence-electron chi connectivity index (χ1n) is 5.51. The van der Waals surface area contributed by atoms with Gasteiger partial charge in [0.05, 0.1) is 18.2 Å². The largest absolute Gasteiger partial charge is 0.489 e. The van der Waals surface area contributed by atoms with Crippen LogP contribution in [0.2, 0.25) is 0 Å². The quantitative estimate of drug-likeness (QED) is 0.830. The molecule has 0 unspecified atom stereocenters. The van der Waals surface area contributed by atoms with Crippen LogP contribution in [0.4, 0.5) is 4.39 Å². The molecule has 0 fully saturated rings. The van der Waals surface area contributed by atoms with Gasteiger partial charge in [0.1, 0.15) is 12.4 Å². The smallest absolute Gasteiger partial charge is 0.166 e. The van der Waals surface area contributed by atoms with Crippen LogP contribution in [0, 0.1) is 24.1 Å². The molecule has 0 spiro atoms. The van der Waals surface area contributed by atoms with E-state index >= 15 is 0 Å². The Morgan fingerprint density at radius 1 is 1.50 bits per heavy atom. The highest BCUT2D eigenvalue weighted by Gasteiger charge is 2.05. The zero-order chi connectivity index (χ0) is 13.0. The van der Waals surface area contributed by atoms with Crippen molar-refractivity contribution in [2.75, 3.05) is 6.61 Å². The highest BCUT2D eigenvalue weighted by molar-refractivity contribution is 5.35. The van der Waals surface area contributed by atoms with E-state index in [2.05, 4.69) is 4.98 Å². The standard InChI is InChI=1S/C13H12FN3O/c1-10-16-4-5-17(10)6-7-18-13-3-2-11(9-15)8-12(13)14/h2-5,8H,6-7H2,1H3. The summed E-state index contributed by atoms with van der Waals surface area (Å²) >= 11 is 0. The molecule has 1 heterocycles. The lowest BCUT2D eigenvalue weighted by Gasteiger charge is -2.08. The van der Waals surface area contributed by atoms with E-state index in [0.29, 0.717) is 13.2 Å². The third kappa shape index (κ3) is 2.66. The normalized spacial score (nSPS) is 10.1. The lowest BCUT2D eigenvalue weighted by molar-refractivity contribution is 0.283. The van der Waals surface area contributed by atoms with Crippen LogP contribution in [0.5, 0.6) is 5.75 Å². The molecule has 0 amide bonds. The summed E-state index contributed by atoms with van der Waals surface area (Å²) in [6, 6.07) is 6.03. The minimum absolute atomic E-state index is 0.159. The van der Waals surface area contributed by atoms with Crippen LogP contribution in [-0.4, -0.2) is 16.2 Å². The monoisotopic (exact) mass is 245 g/mol. The summed E-state index contributed by atoms with van der Waals surface area (Å²) in [6.45, 7) is 2.84. The Morgan fingerprint density at radius 2 is 2.33 bits per heavy atom. The molecule has 0 saturated carbocycles. The maximum Gasteiger partial charge on any atom is 0.166 e. The van der Waals surface area contributed by atoms with E-state index < -0.39 is 5.82 Å². The number of imidazole rings is 1. The molecular formula is C13H12FN3O. The maximum absolute atomic E-state index is 13.5. The molecule has 18 heavy (non-hydrogen) atoms. The number of hydrogen-bond donors (Lipinski definition) is 0. The molecule has 1 aromatic heterocycles. The van der Waals surface area contributed by atoms with Gasteiger partial charge in [0.2, 0.25) is 0 Å². The van der Waals surface area contributed by atoms with E-state index in [1.165, 1.54) is 12.1 Å². The average molecular weight is 245 g/mol. The van der Waals surface area contributed by atoms with E-state index in [1.54, 1.807) is 6.20 Å². The molecule has 0 aliphatic heterocycles. The third-order valence-electron chi connectivity index (χ3n) is 2.57. The Morgan fingerprint density at radius 3 is 2.94 bits per heavy atom. The van der Waals surface area contributed by atoms with Crippen molar-refractivity contribution in [1.82, 2.24) is 9.55 Å². The molecular weight excluding hydrogens is 233 g/mol. The van der Waals surface area contributed by atoms with Crippen LogP contribution in [0.3, 0.4) is 0 Å².